The molecule has 0 amide bonds. The minimum absolute atomic E-state index is 0.00557. The summed E-state index contributed by atoms with van der Waals surface area (Å²) in [5, 5.41) is 58.1. The van der Waals surface area contributed by atoms with Gasteiger partial charge < -0.3 is 44.8 Å². The third kappa shape index (κ3) is 5.44. The van der Waals surface area contributed by atoms with Crippen LogP contribution in [0, 0.1) is 0 Å². The number of hydrogen-bond acceptors (Lipinski definition) is 10. The van der Waals surface area contributed by atoms with Crippen molar-refractivity contribution in [3.63, 3.8) is 0 Å². The van der Waals surface area contributed by atoms with Crippen LogP contribution in [0.1, 0.15) is 5.56 Å². The van der Waals surface area contributed by atoms with Gasteiger partial charge in [0.15, 0.2) is 17.6 Å². The van der Waals surface area contributed by atoms with E-state index in [1.165, 1.54) is 48.5 Å². The number of rotatable bonds is 6. The van der Waals surface area contributed by atoms with Crippen LogP contribution < -0.4 is 4.74 Å². The predicted octanol–water partition coefficient (Wildman–Crippen LogP) is 0.246. The number of ether oxygens (including phenoxy) is 3. The Hall–Kier alpha value is -3.31. The van der Waals surface area contributed by atoms with Gasteiger partial charge in [0.2, 0.25) is 6.29 Å². The van der Waals surface area contributed by atoms with Crippen LogP contribution >= 0.6 is 0 Å². The van der Waals surface area contributed by atoms with Gasteiger partial charge in [-0.15, -0.1) is 0 Å². The maximum absolute atomic E-state index is 12.3. The zero-order valence-electron chi connectivity index (χ0n) is 16.1. The van der Waals surface area contributed by atoms with Gasteiger partial charge in [0.1, 0.15) is 29.8 Å². The molecular weight excluding hydrogens is 412 g/mol. The maximum atomic E-state index is 12.3. The molecule has 1 aliphatic rings. The minimum Gasteiger partial charge on any atom is -0.508 e. The van der Waals surface area contributed by atoms with E-state index in [0.29, 0.717) is 5.56 Å². The Morgan fingerprint density at radius 1 is 1.00 bits per heavy atom. The van der Waals surface area contributed by atoms with Crippen molar-refractivity contribution in [1.29, 1.82) is 0 Å². The van der Waals surface area contributed by atoms with Crippen molar-refractivity contribution in [3.8, 4) is 23.0 Å². The van der Waals surface area contributed by atoms with Crippen LogP contribution in [0.2, 0.25) is 0 Å². The van der Waals surface area contributed by atoms with Crippen LogP contribution in [0.5, 0.6) is 23.0 Å². The summed E-state index contributed by atoms with van der Waals surface area (Å²) < 4.78 is 16.3. The van der Waals surface area contributed by atoms with Gasteiger partial charge in [-0.1, -0.05) is 6.07 Å². The van der Waals surface area contributed by atoms with E-state index in [2.05, 4.69) is 0 Å². The number of hydrogen-bond donors (Lipinski definition) is 6. The number of aliphatic hydroxyl groups is 3. The molecule has 1 saturated heterocycles. The average molecular weight is 434 g/mol. The van der Waals surface area contributed by atoms with E-state index in [1.54, 1.807) is 0 Å². The molecule has 1 fully saturated rings. The van der Waals surface area contributed by atoms with Crippen molar-refractivity contribution < 1.29 is 49.6 Å². The minimum atomic E-state index is -1.62. The molecule has 1 aliphatic heterocycles. The number of phenolic OH excluding ortho intramolecular Hbond substituents is 3. The van der Waals surface area contributed by atoms with E-state index in [9.17, 15) is 35.4 Å². The summed E-state index contributed by atoms with van der Waals surface area (Å²) in [5.74, 6) is -1.38. The highest BCUT2D eigenvalue weighted by atomic mass is 16.7. The van der Waals surface area contributed by atoms with E-state index < -0.39 is 43.3 Å². The number of carbonyl (C=O) groups excluding carboxylic acids is 1. The van der Waals surface area contributed by atoms with Crippen molar-refractivity contribution in [2.24, 2.45) is 0 Å². The number of aliphatic hydroxyl groups excluding tert-OH is 3. The zero-order chi connectivity index (χ0) is 22.5. The number of carbonyl (C=O) groups is 1. The van der Waals surface area contributed by atoms with E-state index in [-0.39, 0.29) is 23.0 Å². The summed E-state index contributed by atoms with van der Waals surface area (Å²) >= 11 is 0. The lowest BCUT2D eigenvalue weighted by atomic mass is 9.99. The molecular formula is C21H22O10. The molecule has 31 heavy (non-hydrogen) atoms. The third-order valence-corrected chi connectivity index (χ3v) is 4.58. The highest BCUT2D eigenvalue weighted by Gasteiger charge is 2.47. The molecule has 0 bridgehead atoms. The van der Waals surface area contributed by atoms with Crippen molar-refractivity contribution in [1.82, 2.24) is 0 Å². The summed E-state index contributed by atoms with van der Waals surface area (Å²) in [6.45, 7) is -0.613. The van der Waals surface area contributed by atoms with E-state index in [0.717, 1.165) is 6.08 Å². The van der Waals surface area contributed by atoms with Gasteiger partial charge in [0.05, 0.1) is 6.61 Å². The van der Waals surface area contributed by atoms with Crippen LogP contribution in [0.3, 0.4) is 0 Å². The zero-order valence-corrected chi connectivity index (χ0v) is 16.1. The molecule has 2 aromatic carbocycles. The lowest BCUT2D eigenvalue weighted by Gasteiger charge is -2.41. The first-order chi connectivity index (χ1) is 14.8. The lowest BCUT2D eigenvalue weighted by Crippen LogP contribution is -2.61. The first kappa shape index (κ1) is 22.4. The van der Waals surface area contributed by atoms with Gasteiger partial charge in [-0.25, -0.2) is 4.79 Å². The molecule has 5 unspecified atom stereocenters. The van der Waals surface area contributed by atoms with Crippen molar-refractivity contribution in [3.05, 3.63) is 54.1 Å². The molecule has 2 aromatic rings. The van der Waals surface area contributed by atoms with E-state index in [1.807, 2.05) is 0 Å². The van der Waals surface area contributed by atoms with Gasteiger partial charge in [0, 0.05) is 6.08 Å². The van der Waals surface area contributed by atoms with Crippen molar-refractivity contribution in [2.45, 2.75) is 30.7 Å². The molecule has 10 nitrogen and oxygen atoms in total. The van der Waals surface area contributed by atoms with Crippen LogP contribution in [-0.4, -0.2) is 73.9 Å². The molecule has 6 N–H and O–H groups in total. The highest BCUT2D eigenvalue weighted by Crippen LogP contribution is 2.28. The predicted molar refractivity (Wildman–Crippen MR) is 105 cm³/mol. The Morgan fingerprint density at radius 2 is 1.71 bits per heavy atom. The normalized spacial score (nSPS) is 26.0. The van der Waals surface area contributed by atoms with Gasteiger partial charge in [-0.3, -0.25) is 0 Å². The first-order valence-electron chi connectivity index (χ1n) is 9.27. The fourth-order valence-corrected chi connectivity index (χ4v) is 2.92. The van der Waals surface area contributed by atoms with Crippen LogP contribution in [0.15, 0.2) is 48.5 Å². The molecule has 1 heterocycles. The largest absolute Gasteiger partial charge is 0.508 e. The number of aromatic hydroxyl groups is 3. The van der Waals surface area contributed by atoms with Gasteiger partial charge >= 0.3 is 5.97 Å². The Kier molecular flexibility index (Phi) is 6.98. The van der Waals surface area contributed by atoms with Crippen LogP contribution in [0.4, 0.5) is 0 Å². The summed E-state index contributed by atoms with van der Waals surface area (Å²) in [6.07, 6.45) is -4.83. The van der Waals surface area contributed by atoms with Gasteiger partial charge in [-0.2, -0.15) is 0 Å². The molecule has 5 atom stereocenters. The van der Waals surface area contributed by atoms with E-state index >= 15 is 0 Å². The summed E-state index contributed by atoms with van der Waals surface area (Å²) in [6, 6.07) is 9.45. The maximum Gasteiger partial charge on any atom is 0.331 e. The second kappa shape index (κ2) is 9.67. The molecule has 10 heteroatoms. The molecule has 0 spiro atoms. The second-order valence-electron chi connectivity index (χ2n) is 6.80. The fourth-order valence-electron chi connectivity index (χ4n) is 2.92. The second-order valence-corrected chi connectivity index (χ2v) is 6.80. The lowest BCUT2D eigenvalue weighted by molar-refractivity contribution is -0.281. The third-order valence-electron chi connectivity index (χ3n) is 4.58. The average Bonchev–Trinajstić information content (AvgIpc) is 2.75. The van der Waals surface area contributed by atoms with Crippen LogP contribution in [-0.2, 0) is 14.3 Å². The number of esters is 1. The molecule has 0 saturated carbocycles. The molecule has 0 aliphatic carbocycles. The fraction of sp³-hybridized carbons (Fsp3) is 0.286. The Labute approximate surface area is 176 Å². The van der Waals surface area contributed by atoms with Gasteiger partial charge in [-0.05, 0) is 48.0 Å². The number of phenols is 3. The molecule has 3 rings (SSSR count). The first-order valence-corrected chi connectivity index (χ1v) is 9.27. The smallest absolute Gasteiger partial charge is 0.331 e. The summed E-state index contributed by atoms with van der Waals surface area (Å²) in [5.41, 5.74) is 0.393. The SMILES string of the molecule is O=C(C=Cc1ccc(O)c(O)c1)OC1C(Oc2ccc(O)cc2)OC(CO)C(O)C1O. The van der Waals surface area contributed by atoms with Crippen LogP contribution in [0.25, 0.3) is 6.08 Å². The Balaban J connectivity index is 1.75. The molecule has 0 aromatic heterocycles. The molecule has 0 radical (unpaired) electrons. The van der Waals surface area contributed by atoms with Gasteiger partial charge in [0.25, 0.3) is 0 Å². The summed E-state index contributed by atoms with van der Waals surface area (Å²) in [7, 11) is 0. The Morgan fingerprint density at radius 3 is 2.35 bits per heavy atom. The quantitative estimate of drug-likeness (QED) is 0.211. The highest BCUT2D eigenvalue weighted by molar-refractivity contribution is 5.87. The van der Waals surface area contributed by atoms with Crippen molar-refractivity contribution >= 4 is 12.0 Å². The topological polar surface area (TPSA) is 166 Å². The molecule has 166 valence electrons. The summed E-state index contributed by atoms with van der Waals surface area (Å²) in [4.78, 5) is 12.3. The standard InChI is InChI=1S/C21H22O10/c22-10-16-18(27)19(28)20(21(30-16)29-13-5-3-12(23)4-6-13)31-17(26)8-2-11-1-7-14(24)15(25)9-11/h1-9,16,18-25,27-28H,10H2. The monoisotopic (exact) mass is 434 g/mol. The number of benzene rings is 2. The van der Waals surface area contributed by atoms with Crippen molar-refractivity contribution in [2.75, 3.05) is 6.61 Å². The van der Waals surface area contributed by atoms with E-state index in [4.69, 9.17) is 14.2 Å². The Bertz CT molecular complexity index is 926.